The lowest BCUT2D eigenvalue weighted by molar-refractivity contribution is 0.815. The highest BCUT2D eigenvalue weighted by Gasteiger charge is 1.99. The van der Waals surface area contributed by atoms with Gasteiger partial charge in [-0.1, -0.05) is 50.6 Å². The fourth-order valence-electron chi connectivity index (χ4n) is 1.09. The van der Waals surface area contributed by atoms with Crippen LogP contribution in [0, 0.1) is 0 Å². The Morgan fingerprint density at radius 2 is 2.08 bits per heavy atom. The maximum absolute atomic E-state index is 3.78. The smallest absolute Gasteiger partial charge is 0.0789 e. The van der Waals surface area contributed by atoms with Crippen LogP contribution in [0.15, 0.2) is 24.4 Å². The van der Waals surface area contributed by atoms with Crippen molar-refractivity contribution in [1.82, 2.24) is 0 Å². The number of unbranched alkanes of at least 4 members (excludes halogenated alkanes) is 2. The van der Waals surface area contributed by atoms with Crippen molar-refractivity contribution in [3.8, 4) is 0 Å². The molecule has 0 aromatic heterocycles. The van der Waals surface area contributed by atoms with Gasteiger partial charge in [0.25, 0.3) is 0 Å². The molecule has 0 aliphatic heterocycles. The average molecular weight is 181 g/mol. The molecular formula is C11H21Si. The summed E-state index contributed by atoms with van der Waals surface area (Å²) >= 11 is 0. The first-order valence-electron chi connectivity index (χ1n) is 4.97. The molecule has 0 aromatic rings. The quantitative estimate of drug-likeness (QED) is 0.317. The lowest BCUT2D eigenvalue weighted by Crippen LogP contribution is -2.04. The predicted octanol–water partition coefficient (Wildman–Crippen LogP) is 3.97. The lowest BCUT2D eigenvalue weighted by Gasteiger charge is -2.02. The second-order valence-electron chi connectivity index (χ2n) is 3.05. The molecule has 0 heterocycles. The van der Waals surface area contributed by atoms with Gasteiger partial charge in [-0.05, 0) is 12.5 Å². The minimum Gasteiger partial charge on any atom is -0.103 e. The Morgan fingerprint density at radius 1 is 1.33 bits per heavy atom. The van der Waals surface area contributed by atoms with Gasteiger partial charge in [-0.15, -0.1) is 6.58 Å². The zero-order valence-electron chi connectivity index (χ0n) is 8.47. The van der Waals surface area contributed by atoms with Crippen LogP contribution in [0.25, 0.3) is 0 Å². The topological polar surface area (TPSA) is 0 Å². The third-order valence-electron chi connectivity index (χ3n) is 1.94. The Hall–Kier alpha value is -0.303. The normalized spacial score (nSPS) is 11.2. The second-order valence-corrected chi connectivity index (χ2v) is 5.81. The molecule has 0 unspecified atom stereocenters. The molecule has 69 valence electrons. The summed E-state index contributed by atoms with van der Waals surface area (Å²) in [5, 5.41) is 0. The molecule has 0 fully saturated rings. The molecule has 0 aliphatic carbocycles. The number of allylic oxidation sites excluding steroid dienone is 2. The third kappa shape index (κ3) is 6.41. The first kappa shape index (κ1) is 11.7. The van der Waals surface area contributed by atoms with Gasteiger partial charge < -0.3 is 0 Å². The van der Waals surface area contributed by atoms with Crippen LogP contribution in [0.2, 0.25) is 12.1 Å². The van der Waals surface area contributed by atoms with Gasteiger partial charge in [0.2, 0.25) is 0 Å². The van der Waals surface area contributed by atoms with E-state index >= 15 is 0 Å². The Bertz CT molecular complexity index is 127. The van der Waals surface area contributed by atoms with E-state index < -0.39 is 0 Å². The molecule has 12 heavy (non-hydrogen) atoms. The van der Waals surface area contributed by atoms with E-state index in [-0.39, 0.29) is 8.80 Å². The zero-order valence-corrected chi connectivity index (χ0v) is 9.47. The average Bonchev–Trinajstić information content (AvgIpc) is 2.10. The van der Waals surface area contributed by atoms with Crippen molar-refractivity contribution in [2.75, 3.05) is 0 Å². The lowest BCUT2D eigenvalue weighted by atomic mass is 10.2. The summed E-state index contributed by atoms with van der Waals surface area (Å²) < 4.78 is 0. The minimum atomic E-state index is -0.214. The van der Waals surface area contributed by atoms with Crippen molar-refractivity contribution >= 4 is 8.80 Å². The summed E-state index contributed by atoms with van der Waals surface area (Å²) in [6, 6.07) is 2.56. The molecule has 1 radical (unpaired) electrons. The fraction of sp³-hybridized carbons (Fsp3) is 0.636. The summed E-state index contributed by atoms with van der Waals surface area (Å²) in [5.41, 5.74) is 2.45. The molecule has 0 aliphatic rings. The first-order chi connectivity index (χ1) is 5.85. The van der Waals surface area contributed by atoms with Gasteiger partial charge >= 0.3 is 0 Å². The second kappa shape index (κ2) is 8.79. The van der Waals surface area contributed by atoms with Gasteiger partial charge in [0.05, 0.1) is 8.80 Å². The summed E-state index contributed by atoms with van der Waals surface area (Å²) in [6.45, 7) is 8.30. The van der Waals surface area contributed by atoms with Crippen molar-refractivity contribution in [3.05, 3.63) is 24.4 Å². The largest absolute Gasteiger partial charge is 0.103 e. The van der Waals surface area contributed by atoms with Gasteiger partial charge in [-0.25, -0.2) is 0 Å². The van der Waals surface area contributed by atoms with Crippen molar-refractivity contribution in [3.63, 3.8) is 0 Å². The third-order valence-corrected chi connectivity index (χ3v) is 4.37. The highest BCUT2D eigenvalue weighted by Crippen LogP contribution is 2.03. The zero-order chi connectivity index (χ0) is 9.23. The van der Waals surface area contributed by atoms with Crippen molar-refractivity contribution in [2.45, 2.75) is 45.2 Å². The van der Waals surface area contributed by atoms with Crippen LogP contribution in [-0.4, -0.2) is 8.80 Å². The van der Waals surface area contributed by atoms with E-state index in [1.165, 1.54) is 31.4 Å². The molecule has 0 aromatic carbocycles. The Labute approximate surface area is 79.0 Å². The van der Waals surface area contributed by atoms with Gasteiger partial charge in [-0.2, -0.15) is 0 Å². The summed E-state index contributed by atoms with van der Waals surface area (Å²) in [7, 11) is -0.214. The van der Waals surface area contributed by atoms with Crippen LogP contribution < -0.4 is 0 Å². The van der Waals surface area contributed by atoms with Crippen LogP contribution in [-0.2, 0) is 0 Å². The molecule has 0 saturated carbocycles. The summed E-state index contributed by atoms with van der Waals surface area (Å²) in [6.07, 6.45) is 8.33. The fourth-order valence-corrected chi connectivity index (χ4v) is 2.62. The van der Waals surface area contributed by atoms with Crippen molar-refractivity contribution < 1.29 is 0 Å². The van der Waals surface area contributed by atoms with E-state index in [4.69, 9.17) is 0 Å². The Balaban J connectivity index is 3.53. The first-order valence-corrected chi connectivity index (χ1v) is 6.96. The monoisotopic (exact) mass is 181 g/mol. The maximum Gasteiger partial charge on any atom is 0.0789 e. The van der Waals surface area contributed by atoms with Gasteiger partial charge in [-0.3, -0.25) is 0 Å². The SMILES string of the molecule is C=CC[Si](C=CCCCC)CC. The molecule has 0 rings (SSSR count). The molecule has 0 amide bonds. The highest BCUT2D eigenvalue weighted by molar-refractivity contribution is 6.64. The molecule has 0 N–H and O–H groups in total. The van der Waals surface area contributed by atoms with E-state index in [0.29, 0.717) is 0 Å². The van der Waals surface area contributed by atoms with E-state index in [2.05, 4.69) is 38.3 Å². The summed E-state index contributed by atoms with van der Waals surface area (Å²) in [5.74, 6) is 0. The Kier molecular flexibility index (Phi) is 8.57. The van der Waals surface area contributed by atoms with Crippen molar-refractivity contribution in [1.29, 1.82) is 0 Å². The van der Waals surface area contributed by atoms with Gasteiger partial charge in [0.1, 0.15) is 0 Å². The van der Waals surface area contributed by atoms with Crippen LogP contribution in [0.4, 0.5) is 0 Å². The Morgan fingerprint density at radius 3 is 2.58 bits per heavy atom. The van der Waals surface area contributed by atoms with E-state index in [0.717, 1.165) is 0 Å². The van der Waals surface area contributed by atoms with Crippen LogP contribution in [0.5, 0.6) is 0 Å². The molecular weight excluding hydrogens is 160 g/mol. The molecule has 0 atom stereocenters. The van der Waals surface area contributed by atoms with E-state index in [9.17, 15) is 0 Å². The van der Waals surface area contributed by atoms with Crippen LogP contribution in [0.1, 0.15) is 33.1 Å². The van der Waals surface area contributed by atoms with Crippen LogP contribution in [0.3, 0.4) is 0 Å². The van der Waals surface area contributed by atoms with Gasteiger partial charge in [0, 0.05) is 0 Å². The van der Waals surface area contributed by atoms with E-state index in [1.54, 1.807) is 0 Å². The molecule has 0 spiro atoms. The molecule has 0 nitrogen and oxygen atoms in total. The van der Waals surface area contributed by atoms with Crippen molar-refractivity contribution in [2.24, 2.45) is 0 Å². The number of hydrogen-bond donors (Lipinski definition) is 0. The van der Waals surface area contributed by atoms with Gasteiger partial charge in [0.15, 0.2) is 0 Å². The standard InChI is InChI=1S/C11H21Si/c1-4-7-8-9-11-12(6-3)10-5-2/h5,9,11H,2,4,6-8,10H2,1,3H3. The molecule has 0 saturated heterocycles. The number of rotatable bonds is 7. The highest BCUT2D eigenvalue weighted by atomic mass is 28.3. The molecule has 0 bridgehead atoms. The predicted molar refractivity (Wildman–Crippen MR) is 59.9 cm³/mol. The van der Waals surface area contributed by atoms with Crippen LogP contribution >= 0.6 is 0 Å². The van der Waals surface area contributed by atoms with E-state index in [1.807, 2.05) is 0 Å². The summed E-state index contributed by atoms with van der Waals surface area (Å²) in [4.78, 5) is 0. The minimum absolute atomic E-state index is 0.214. The maximum atomic E-state index is 3.78. The molecule has 1 heteroatoms. The number of hydrogen-bond acceptors (Lipinski definition) is 0.